The van der Waals surface area contributed by atoms with Crippen molar-refractivity contribution in [1.29, 1.82) is 0 Å². The van der Waals surface area contributed by atoms with E-state index in [9.17, 15) is 19.7 Å². The maximum Gasteiger partial charge on any atom is 0.285 e. The number of nitrogens with zero attached hydrogens (tertiary/aromatic N) is 3. The van der Waals surface area contributed by atoms with Gasteiger partial charge in [-0.2, -0.15) is 0 Å². The first-order chi connectivity index (χ1) is 9.66. The van der Waals surface area contributed by atoms with Gasteiger partial charge in [0.2, 0.25) is 5.91 Å². The molecule has 0 saturated heterocycles. The van der Waals surface area contributed by atoms with Crippen LogP contribution in [0.15, 0.2) is 23.1 Å². The Balaban J connectivity index is 0.00000441. The Morgan fingerprint density at radius 2 is 2.05 bits per heavy atom. The number of carbonyl (C=O) groups excluding carboxylic acids is 1. The van der Waals surface area contributed by atoms with Crippen LogP contribution in [0, 0.1) is 15.5 Å². The van der Waals surface area contributed by atoms with Crippen LogP contribution in [0.4, 0.5) is 5.69 Å². The molecule has 0 unspecified atom stereocenters. The second-order valence-electron chi connectivity index (χ2n) is 5.73. The highest BCUT2D eigenvalue weighted by Gasteiger charge is 2.21. The number of rotatable bonds is 6. The minimum Gasteiger partial charge on any atom is -0.344 e. The molecule has 0 aliphatic heterocycles. The summed E-state index contributed by atoms with van der Waals surface area (Å²) in [4.78, 5) is 35.3. The third-order valence-electron chi connectivity index (χ3n) is 3.13. The maximum absolute atomic E-state index is 12.1. The molecule has 1 rings (SSSR count). The summed E-state index contributed by atoms with van der Waals surface area (Å²) >= 11 is 0. The van der Waals surface area contributed by atoms with E-state index in [-0.39, 0.29) is 36.0 Å². The third kappa shape index (κ3) is 5.45. The second kappa shape index (κ2) is 7.90. The van der Waals surface area contributed by atoms with Crippen LogP contribution >= 0.6 is 12.4 Å². The zero-order valence-electron chi connectivity index (χ0n) is 12.8. The highest BCUT2D eigenvalue weighted by atomic mass is 35.5. The minimum absolute atomic E-state index is 0. The summed E-state index contributed by atoms with van der Waals surface area (Å²) in [6, 6.07) is 2.19. The molecule has 22 heavy (non-hydrogen) atoms. The van der Waals surface area contributed by atoms with Crippen molar-refractivity contribution in [1.82, 2.24) is 9.47 Å². The van der Waals surface area contributed by atoms with Crippen molar-refractivity contribution in [2.45, 2.75) is 20.4 Å². The number of aromatic nitrogens is 1. The lowest BCUT2D eigenvalue weighted by molar-refractivity contribution is -0.385. The summed E-state index contributed by atoms with van der Waals surface area (Å²) in [6.45, 7) is 4.47. The lowest BCUT2D eigenvalue weighted by Gasteiger charge is -2.29. The van der Waals surface area contributed by atoms with Crippen LogP contribution in [0.3, 0.4) is 0 Å². The molecule has 0 spiro atoms. The monoisotopic (exact) mass is 332 g/mol. The molecule has 9 heteroatoms. The molecular formula is C13H21ClN4O4. The van der Waals surface area contributed by atoms with Crippen LogP contribution in [-0.4, -0.2) is 40.4 Å². The quantitative estimate of drug-likeness (QED) is 0.606. The largest absolute Gasteiger partial charge is 0.344 e. The molecule has 1 aromatic heterocycles. The molecule has 124 valence electrons. The zero-order chi connectivity index (χ0) is 16.2. The van der Waals surface area contributed by atoms with Gasteiger partial charge in [0, 0.05) is 25.7 Å². The van der Waals surface area contributed by atoms with Crippen molar-refractivity contribution in [3.8, 4) is 0 Å². The molecule has 0 radical (unpaired) electrons. The van der Waals surface area contributed by atoms with Crippen molar-refractivity contribution < 1.29 is 9.72 Å². The molecule has 0 aromatic carbocycles. The Kier molecular flexibility index (Phi) is 7.21. The SMILES string of the molecule is CN(CC(C)(C)CN)C(=O)Cn1cc([N+](=O)[O-])ccc1=O.Cl. The Bertz CT molecular complexity index is 600. The number of hydrogen-bond donors (Lipinski definition) is 1. The summed E-state index contributed by atoms with van der Waals surface area (Å²) in [7, 11) is 1.61. The number of amides is 1. The van der Waals surface area contributed by atoms with Gasteiger partial charge in [0.05, 0.1) is 11.1 Å². The molecule has 0 atom stereocenters. The number of nitrogens with two attached hydrogens (primary N) is 1. The minimum atomic E-state index is -0.609. The molecule has 0 aliphatic carbocycles. The molecular weight excluding hydrogens is 312 g/mol. The fraction of sp³-hybridized carbons (Fsp3) is 0.538. The molecule has 1 amide bonds. The van der Waals surface area contributed by atoms with Gasteiger partial charge in [-0.15, -0.1) is 12.4 Å². The Morgan fingerprint density at radius 1 is 1.45 bits per heavy atom. The fourth-order valence-electron chi connectivity index (χ4n) is 1.81. The van der Waals surface area contributed by atoms with Crippen molar-refractivity contribution in [2.75, 3.05) is 20.1 Å². The first-order valence-corrected chi connectivity index (χ1v) is 6.45. The van der Waals surface area contributed by atoms with E-state index >= 15 is 0 Å². The molecule has 0 fully saturated rings. The first kappa shape index (κ1) is 20.1. The van der Waals surface area contributed by atoms with E-state index in [4.69, 9.17) is 5.73 Å². The summed E-state index contributed by atoms with van der Waals surface area (Å²) < 4.78 is 1.03. The normalized spacial score (nSPS) is 10.7. The van der Waals surface area contributed by atoms with Crippen molar-refractivity contribution in [2.24, 2.45) is 11.1 Å². The Hall–Kier alpha value is -1.93. The van der Waals surface area contributed by atoms with Gasteiger partial charge in [-0.25, -0.2) is 0 Å². The Labute approximate surface area is 134 Å². The number of hydrogen-bond acceptors (Lipinski definition) is 5. The van der Waals surface area contributed by atoms with Gasteiger partial charge in [-0.1, -0.05) is 13.8 Å². The lowest BCUT2D eigenvalue weighted by atomic mass is 9.93. The molecule has 0 aliphatic rings. The smallest absolute Gasteiger partial charge is 0.285 e. The molecule has 1 aromatic rings. The average molecular weight is 333 g/mol. The van der Waals surface area contributed by atoms with E-state index in [1.54, 1.807) is 7.05 Å². The number of likely N-dealkylation sites (N-methyl/N-ethyl adjacent to an activating group) is 1. The predicted molar refractivity (Wildman–Crippen MR) is 85.1 cm³/mol. The molecule has 8 nitrogen and oxygen atoms in total. The second-order valence-corrected chi connectivity index (χ2v) is 5.73. The van der Waals surface area contributed by atoms with Gasteiger partial charge >= 0.3 is 0 Å². The summed E-state index contributed by atoms with van der Waals surface area (Å²) in [5.74, 6) is -0.306. The lowest BCUT2D eigenvalue weighted by Crippen LogP contribution is -2.41. The van der Waals surface area contributed by atoms with Crippen LogP contribution in [0.5, 0.6) is 0 Å². The van der Waals surface area contributed by atoms with Gasteiger partial charge in [0.1, 0.15) is 6.54 Å². The highest BCUT2D eigenvalue weighted by Crippen LogP contribution is 2.14. The summed E-state index contributed by atoms with van der Waals surface area (Å²) in [5, 5.41) is 10.7. The van der Waals surface area contributed by atoms with Crippen molar-refractivity contribution in [3.05, 3.63) is 38.8 Å². The van der Waals surface area contributed by atoms with Crippen LogP contribution in [0.25, 0.3) is 0 Å². The van der Waals surface area contributed by atoms with Gasteiger partial charge in [0.15, 0.2) is 0 Å². The molecule has 1 heterocycles. The molecule has 0 bridgehead atoms. The maximum atomic E-state index is 12.1. The van der Waals surface area contributed by atoms with Crippen molar-refractivity contribution >= 4 is 24.0 Å². The third-order valence-corrected chi connectivity index (χ3v) is 3.13. The highest BCUT2D eigenvalue weighted by molar-refractivity contribution is 5.85. The van der Waals surface area contributed by atoms with Crippen LogP contribution < -0.4 is 11.3 Å². The van der Waals surface area contributed by atoms with Crippen LogP contribution in [0.1, 0.15) is 13.8 Å². The van der Waals surface area contributed by atoms with Gasteiger partial charge in [-0.05, 0) is 12.0 Å². The predicted octanol–water partition coefficient (Wildman–Crippen LogP) is 0.622. The van der Waals surface area contributed by atoms with E-state index in [1.807, 2.05) is 13.8 Å². The Morgan fingerprint density at radius 3 is 2.55 bits per heavy atom. The number of nitro groups is 1. The van der Waals surface area contributed by atoms with E-state index in [2.05, 4.69) is 0 Å². The topological polar surface area (TPSA) is 111 Å². The van der Waals surface area contributed by atoms with Crippen molar-refractivity contribution in [3.63, 3.8) is 0 Å². The fourth-order valence-corrected chi connectivity index (χ4v) is 1.81. The number of carbonyl (C=O) groups is 1. The van der Waals surface area contributed by atoms with E-state index in [0.717, 1.165) is 22.9 Å². The van der Waals surface area contributed by atoms with E-state index in [0.29, 0.717) is 13.1 Å². The van der Waals surface area contributed by atoms with Crippen LogP contribution in [-0.2, 0) is 11.3 Å². The number of halogens is 1. The van der Waals surface area contributed by atoms with E-state index < -0.39 is 10.5 Å². The standard InChI is InChI=1S/C13H20N4O4.ClH/c1-13(2,8-14)9-15(3)12(19)7-16-6-10(17(20)21)4-5-11(16)18;/h4-6H,7-9,14H2,1-3H3;1H. The van der Waals surface area contributed by atoms with Gasteiger partial charge in [-0.3, -0.25) is 24.3 Å². The summed E-state index contributed by atoms with van der Waals surface area (Å²) in [5.41, 5.74) is 4.69. The number of pyridine rings is 1. The molecule has 0 saturated carbocycles. The summed E-state index contributed by atoms with van der Waals surface area (Å²) in [6.07, 6.45) is 1.07. The first-order valence-electron chi connectivity index (χ1n) is 6.45. The van der Waals surface area contributed by atoms with E-state index in [1.165, 1.54) is 4.90 Å². The van der Waals surface area contributed by atoms with Crippen LogP contribution in [0.2, 0.25) is 0 Å². The van der Waals surface area contributed by atoms with Gasteiger partial charge in [0.25, 0.3) is 11.2 Å². The average Bonchev–Trinajstić information content (AvgIpc) is 2.40. The zero-order valence-corrected chi connectivity index (χ0v) is 13.6. The molecule has 2 N–H and O–H groups in total. The van der Waals surface area contributed by atoms with Gasteiger partial charge < -0.3 is 10.6 Å².